The summed E-state index contributed by atoms with van der Waals surface area (Å²) in [6.45, 7) is 5.97. The van der Waals surface area contributed by atoms with Gasteiger partial charge in [-0.05, 0) is 56.4 Å². The number of nitriles is 1. The van der Waals surface area contributed by atoms with E-state index in [1.54, 1.807) is 0 Å². The summed E-state index contributed by atoms with van der Waals surface area (Å²) >= 11 is 0. The van der Waals surface area contributed by atoms with Crippen LogP contribution in [0.15, 0.2) is 12.1 Å². The van der Waals surface area contributed by atoms with Crippen LogP contribution >= 0.6 is 0 Å². The highest BCUT2D eigenvalue weighted by Gasteiger charge is 2.50. The summed E-state index contributed by atoms with van der Waals surface area (Å²) in [6, 6.07) is 6.11. The quantitative estimate of drug-likeness (QED) is 0.708. The predicted molar refractivity (Wildman–Crippen MR) is 62.3 cm³/mol. The number of carbonyl (C=O) groups is 1. The molecule has 0 radical (unpaired) electrons. The number of aryl methyl sites for hydroxylation is 3. The Morgan fingerprint density at radius 2 is 1.75 bits per heavy atom. The first-order valence-corrected chi connectivity index (χ1v) is 5.54. The second-order valence-corrected chi connectivity index (χ2v) is 4.77. The minimum absolute atomic E-state index is 0.00981. The fraction of sp³-hybridized carbons (Fsp3) is 0.429. The van der Waals surface area contributed by atoms with Gasteiger partial charge in [0.2, 0.25) is 0 Å². The van der Waals surface area contributed by atoms with Crippen LogP contribution in [-0.4, -0.2) is 5.78 Å². The molecule has 0 unspecified atom stereocenters. The van der Waals surface area contributed by atoms with Gasteiger partial charge in [0.15, 0.2) is 5.78 Å². The van der Waals surface area contributed by atoms with Gasteiger partial charge in [0, 0.05) is 5.56 Å². The molecule has 0 aliphatic heterocycles. The van der Waals surface area contributed by atoms with Crippen LogP contribution in [0.4, 0.5) is 0 Å². The zero-order chi connectivity index (χ0) is 11.9. The molecule has 0 saturated heterocycles. The van der Waals surface area contributed by atoms with Crippen molar-refractivity contribution in [3.8, 4) is 6.07 Å². The third kappa shape index (κ3) is 1.53. The number of hydrogen-bond acceptors (Lipinski definition) is 2. The van der Waals surface area contributed by atoms with Gasteiger partial charge in [-0.15, -0.1) is 0 Å². The summed E-state index contributed by atoms with van der Waals surface area (Å²) in [5, 5.41) is 9.03. The van der Waals surface area contributed by atoms with Gasteiger partial charge in [-0.25, -0.2) is 0 Å². The lowest BCUT2D eigenvalue weighted by atomic mass is 9.90. The van der Waals surface area contributed by atoms with E-state index < -0.39 is 5.41 Å². The monoisotopic (exact) mass is 213 g/mol. The largest absolute Gasteiger partial charge is 0.292 e. The van der Waals surface area contributed by atoms with E-state index in [1.807, 2.05) is 32.9 Å². The van der Waals surface area contributed by atoms with E-state index in [-0.39, 0.29) is 5.78 Å². The molecule has 0 aromatic heterocycles. The van der Waals surface area contributed by atoms with Gasteiger partial charge in [-0.1, -0.05) is 6.07 Å². The molecule has 0 heterocycles. The maximum atomic E-state index is 12.2. The van der Waals surface area contributed by atoms with Crippen LogP contribution in [0.3, 0.4) is 0 Å². The number of carbonyl (C=O) groups excluding carboxylic acids is 1. The molecule has 1 aliphatic carbocycles. The Bertz CT molecular complexity index is 504. The zero-order valence-corrected chi connectivity index (χ0v) is 9.92. The van der Waals surface area contributed by atoms with E-state index in [0.717, 1.165) is 16.7 Å². The van der Waals surface area contributed by atoms with Crippen molar-refractivity contribution in [3.63, 3.8) is 0 Å². The van der Waals surface area contributed by atoms with Crippen molar-refractivity contribution in [2.45, 2.75) is 33.6 Å². The predicted octanol–water partition coefficient (Wildman–Crippen LogP) is 3.10. The molecule has 1 aliphatic rings. The van der Waals surface area contributed by atoms with Gasteiger partial charge >= 0.3 is 0 Å². The topological polar surface area (TPSA) is 40.9 Å². The van der Waals surface area contributed by atoms with E-state index >= 15 is 0 Å². The van der Waals surface area contributed by atoms with Gasteiger partial charge in [0.1, 0.15) is 5.41 Å². The Balaban J connectivity index is 2.46. The molecule has 2 heteroatoms. The maximum Gasteiger partial charge on any atom is 0.183 e. The van der Waals surface area contributed by atoms with Crippen molar-refractivity contribution >= 4 is 5.78 Å². The Morgan fingerprint density at radius 1 is 1.19 bits per heavy atom. The lowest BCUT2D eigenvalue weighted by molar-refractivity contribution is 0.0934. The Hall–Kier alpha value is -1.62. The van der Waals surface area contributed by atoms with Crippen LogP contribution < -0.4 is 0 Å². The molecule has 1 saturated carbocycles. The molecule has 0 atom stereocenters. The summed E-state index contributed by atoms with van der Waals surface area (Å²) in [5.41, 5.74) is 3.31. The fourth-order valence-electron chi connectivity index (χ4n) is 1.98. The lowest BCUT2D eigenvalue weighted by Gasteiger charge is -2.11. The van der Waals surface area contributed by atoms with Crippen LogP contribution in [0.1, 0.15) is 39.9 Å². The van der Waals surface area contributed by atoms with E-state index in [2.05, 4.69) is 6.07 Å². The minimum atomic E-state index is -0.702. The molecule has 0 N–H and O–H groups in total. The van der Waals surface area contributed by atoms with E-state index in [0.29, 0.717) is 12.8 Å². The van der Waals surface area contributed by atoms with Gasteiger partial charge in [0.05, 0.1) is 6.07 Å². The van der Waals surface area contributed by atoms with Crippen LogP contribution in [-0.2, 0) is 0 Å². The molecule has 1 fully saturated rings. The normalized spacial score (nSPS) is 16.6. The van der Waals surface area contributed by atoms with Crippen molar-refractivity contribution in [1.82, 2.24) is 0 Å². The third-order valence-electron chi connectivity index (χ3n) is 3.48. The number of benzene rings is 1. The summed E-state index contributed by atoms with van der Waals surface area (Å²) in [7, 11) is 0. The SMILES string of the molecule is Cc1cc(C)c(C(=O)C2(C#N)CC2)cc1C. The summed E-state index contributed by atoms with van der Waals surface area (Å²) in [6.07, 6.45) is 1.43. The molecule has 1 aromatic rings. The maximum absolute atomic E-state index is 12.2. The highest BCUT2D eigenvalue weighted by molar-refractivity contribution is 6.05. The number of hydrogen-bond donors (Lipinski definition) is 0. The molecular weight excluding hydrogens is 198 g/mol. The minimum Gasteiger partial charge on any atom is -0.292 e. The second-order valence-electron chi connectivity index (χ2n) is 4.77. The molecule has 2 rings (SSSR count). The van der Waals surface area contributed by atoms with Gasteiger partial charge in [0.25, 0.3) is 0 Å². The summed E-state index contributed by atoms with van der Waals surface area (Å²) in [5.74, 6) is 0.00981. The molecule has 0 spiro atoms. The Labute approximate surface area is 95.9 Å². The average molecular weight is 213 g/mol. The first kappa shape index (κ1) is 10.9. The Morgan fingerprint density at radius 3 is 2.25 bits per heavy atom. The average Bonchev–Trinajstić information content (AvgIpc) is 3.03. The molecule has 0 amide bonds. The molecule has 0 bridgehead atoms. The van der Waals surface area contributed by atoms with Crippen molar-refractivity contribution < 1.29 is 4.79 Å². The summed E-state index contributed by atoms with van der Waals surface area (Å²) in [4.78, 5) is 12.2. The fourth-order valence-corrected chi connectivity index (χ4v) is 1.98. The highest BCUT2D eigenvalue weighted by atomic mass is 16.1. The number of ketones is 1. The number of rotatable bonds is 2. The van der Waals surface area contributed by atoms with Gasteiger partial charge < -0.3 is 0 Å². The van der Waals surface area contributed by atoms with Crippen LogP contribution in [0.25, 0.3) is 0 Å². The molecular formula is C14H15NO. The zero-order valence-electron chi connectivity index (χ0n) is 9.92. The molecule has 16 heavy (non-hydrogen) atoms. The second kappa shape index (κ2) is 3.45. The highest BCUT2D eigenvalue weighted by Crippen LogP contribution is 2.48. The summed E-state index contributed by atoms with van der Waals surface area (Å²) < 4.78 is 0. The van der Waals surface area contributed by atoms with E-state index in [1.165, 1.54) is 5.56 Å². The molecule has 82 valence electrons. The van der Waals surface area contributed by atoms with E-state index in [9.17, 15) is 4.79 Å². The van der Waals surface area contributed by atoms with Crippen LogP contribution in [0, 0.1) is 37.5 Å². The first-order chi connectivity index (χ1) is 7.50. The molecule has 1 aromatic carbocycles. The Kier molecular flexibility index (Phi) is 2.35. The first-order valence-electron chi connectivity index (χ1n) is 5.54. The number of nitrogens with zero attached hydrogens (tertiary/aromatic N) is 1. The van der Waals surface area contributed by atoms with Crippen molar-refractivity contribution in [2.24, 2.45) is 5.41 Å². The smallest absolute Gasteiger partial charge is 0.183 e. The number of Topliss-reactive ketones (excluding diaryl/α,β-unsaturated/α-hetero) is 1. The standard InChI is InChI=1S/C14H15NO/c1-9-6-11(3)12(7-10(9)2)13(16)14(8-15)4-5-14/h6-7H,4-5H2,1-3H3. The van der Waals surface area contributed by atoms with Gasteiger partial charge in [-0.2, -0.15) is 5.26 Å². The third-order valence-corrected chi connectivity index (χ3v) is 3.48. The van der Waals surface area contributed by atoms with Crippen LogP contribution in [0.2, 0.25) is 0 Å². The van der Waals surface area contributed by atoms with Crippen molar-refractivity contribution in [3.05, 3.63) is 34.4 Å². The van der Waals surface area contributed by atoms with Crippen molar-refractivity contribution in [2.75, 3.05) is 0 Å². The molecule has 2 nitrogen and oxygen atoms in total. The van der Waals surface area contributed by atoms with Crippen LogP contribution in [0.5, 0.6) is 0 Å². The van der Waals surface area contributed by atoms with Gasteiger partial charge in [-0.3, -0.25) is 4.79 Å². The van der Waals surface area contributed by atoms with E-state index in [4.69, 9.17) is 5.26 Å². The lowest BCUT2D eigenvalue weighted by Crippen LogP contribution is -2.15. The van der Waals surface area contributed by atoms with Crippen molar-refractivity contribution in [1.29, 1.82) is 5.26 Å².